The summed E-state index contributed by atoms with van der Waals surface area (Å²) >= 11 is 7.49. The van der Waals surface area contributed by atoms with E-state index in [1.54, 1.807) is 43.5 Å². The van der Waals surface area contributed by atoms with E-state index in [9.17, 15) is 9.59 Å². The number of thiazole rings is 1. The van der Waals surface area contributed by atoms with Gasteiger partial charge < -0.3 is 10.1 Å². The summed E-state index contributed by atoms with van der Waals surface area (Å²) in [6.45, 7) is 1.51. The number of hydrogen-bond donors (Lipinski definition) is 1. The van der Waals surface area contributed by atoms with E-state index < -0.39 is 6.10 Å². The first kappa shape index (κ1) is 22.1. The van der Waals surface area contributed by atoms with Crippen LogP contribution in [-0.2, 0) is 9.59 Å². The molecule has 34 heavy (non-hydrogen) atoms. The summed E-state index contributed by atoms with van der Waals surface area (Å²) in [5.74, 6) is -0.0999. The van der Waals surface area contributed by atoms with Gasteiger partial charge in [0.15, 0.2) is 6.10 Å². The van der Waals surface area contributed by atoms with Gasteiger partial charge in [0.25, 0.3) is 5.91 Å². The molecule has 5 rings (SSSR count). The maximum Gasteiger partial charge on any atom is 0.268 e. The fraction of sp³-hybridized carbons (Fsp3) is 0.120. The highest BCUT2D eigenvalue weighted by Gasteiger charge is 2.33. The van der Waals surface area contributed by atoms with Crippen LogP contribution >= 0.6 is 22.9 Å². The molecule has 0 fully saturated rings. The number of carbonyl (C=O) groups is 2. The lowest BCUT2D eigenvalue weighted by Crippen LogP contribution is -2.47. The van der Waals surface area contributed by atoms with E-state index in [1.807, 2.05) is 35.7 Å². The molecule has 170 valence electrons. The van der Waals surface area contributed by atoms with Crippen LogP contribution in [0.25, 0.3) is 22.0 Å². The SMILES string of the molecule is CC1Oc2ccc(-c3csc(-c4ccccn4)n3)cc2N(CC(=O)Nc2cccc(Cl)c2)C1=O. The Morgan fingerprint density at radius 3 is 2.82 bits per heavy atom. The number of nitrogens with one attached hydrogen (secondary N) is 1. The number of nitrogens with zero attached hydrogens (tertiary/aromatic N) is 3. The molecule has 1 aliphatic rings. The average molecular weight is 491 g/mol. The molecule has 1 unspecified atom stereocenters. The minimum atomic E-state index is -0.702. The number of aromatic nitrogens is 2. The van der Waals surface area contributed by atoms with Gasteiger partial charge in [-0.3, -0.25) is 19.5 Å². The van der Waals surface area contributed by atoms with Crippen molar-refractivity contribution >= 4 is 46.1 Å². The van der Waals surface area contributed by atoms with Gasteiger partial charge >= 0.3 is 0 Å². The van der Waals surface area contributed by atoms with Crippen molar-refractivity contribution in [1.82, 2.24) is 9.97 Å². The molecule has 2 aromatic heterocycles. The molecule has 3 heterocycles. The Morgan fingerprint density at radius 2 is 2.03 bits per heavy atom. The normalized spacial score (nSPS) is 14.9. The van der Waals surface area contributed by atoms with Crippen molar-refractivity contribution in [3.05, 3.63) is 77.3 Å². The largest absolute Gasteiger partial charge is 0.479 e. The highest BCUT2D eigenvalue weighted by molar-refractivity contribution is 7.13. The number of carbonyl (C=O) groups excluding carboxylic acids is 2. The van der Waals surface area contributed by atoms with Gasteiger partial charge in [0.05, 0.1) is 17.1 Å². The number of anilines is 2. The second-order valence-corrected chi connectivity index (χ2v) is 8.97. The fourth-order valence-corrected chi connectivity index (χ4v) is 4.65. The monoisotopic (exact) mass is 490 g/mol. The molecular formula is C25H19ClN4O3S. The highest BCUT2D eigenvalue weighted by Crippen LogP contribution is 2.38. The van der Waals surface area contributed by atoms with Crippen LogP contribution in [0.4, 0.5) is 11.4 Å². The van der Waals surface area contributed by atoms with Crippen LogP contribution in [-0.4, -0.2) is 34.4 Å². The maximum atomic E-state index is 12.9. The minimum Gasteiger partial charge on any atom is -0.479 e. The Morgan fingerprint density at radius 1 is 1.15 bits per heavy atom. The van der Waals surface area contributed by atoms with Gasteiger partial charge in [-0.05, 0) is 55.5 Å². The molecule has 7 nitrogen and oxygen atoms in total. The zero-order valence-corrected chi connectivity index (χ0v) is 19.6. The van der Waals surface area contributed by atoms with E-state index in [-0.39, 0.29) is 18.4 Å². The third-order valence-corrected chi connectivity index (χ3v) is 6.36. The van der Waals surface area contributed by atoms with Crippen LogP contribution in [0, 0.1) is 0 Å². The van der Waals surface area contributed by atoms with Crippen molar-refractivity contribution in [2.45, 2.75) is 13.0 Å². The van der Waals surface area contributed by atoms with E-state index in [0.717, 1.165) is 22.0 Å². The Labute approximate surface area is 205 Å². The minimum absolute atomic E-state index is 0.161. The number of pyridine rings is 1. The maximum absolute atomic E-state index is 12.9. The summed E-state index contributed by atoms with van der Waals surface area (Å²) in [6, 6.07) is 18.0. The molecule has 0 radical (unpaired) electrons. The summed E-state index contributed by atoms with van der Waals surface area (Å²) in [6.07, 6.45) is 1.03. The fourth-order valence-electron chi connectivity index (χ4n) is 3.65. The molecule has 1 N–H and O–H groups in total. The summed E-state index contributed by atoms with van der Waals surface area (Å²) in [4.78, 5) is 36.2. The lowest BCUT2D eigenvalue weighted by Gasteiger charge is -2.32. The highest BCUT2D eigenvalue weighted by atomic mass is 35.5. The number of fused-ring (bicyclic) bond motifs is 1. The first-order valence-corrected chi connectivity index (χ1v) is 11.8. The Hall–Kier alpha value is -3.75. The Bertz CT molecular complexity index is 1380. The van der Waals surface area contributed by atoms with Gasteiger partial charge in [0.1, 0.15) is 17.3 Å². The van der Waals surface area contributed by atoms with Crippen molar-refractivity contribution in [2.75, 3.05) is 16.8 Å². The van der Waals surface area contributed by atoms with Crippen molar-refractivity contribution < 1.29 is 14.3 Å². The third-order valence-electron chi connectivity index (χ3n) is 5.26. The molecule has 2 amide bonds. The smallest absolute Gasteiger partial charge is 0.268 e. The quantitative estimate of drug-likeness (QED) is 0.411. The van der Waals surface area contributed by atoms with Crippen molar-refractivity contribution in [3.8, 4) is 27.7 Å². The van der Waals surface area contributed by atoms with E-state index in [0.29, 0.717) is 22.1 Å². The number of amides is 2. The van der Waals surface area contributed by atoms with Gasteiger partial charge in [-0.25, -0.2) is 4.98 Å². The molecule has 0 spiro atoms. The second-order valence-electron chi connectivity index (χ2n) is 7.68. The Kier molecular flexibility index (Phi) is 6.00. The zero-order valence-electron chi connectivity index (χ0n) is 18.1. The number of rotatable bonds is 5. The van der Waals surface area contributed by atoms with Crippen LogP contribution in [0.3, 0.4) is 0 Å². The molecule has 0 saturated carbocycles. The van der Waals surface area contributed by atoms with Crippen LogP contribution in [0.15, 0.2) is 72.2 Å². The third kappa shape index (κ3) is 4.50. The van der Waals surface area contributed by atoms with E-state index in [2.05, 4.69) is 10.3 Å². The second kappa shape index (κ2) is 9.24. The van der Waals surface area contributed by atoms with Crippen molar-refractivity contribution in [3.63, 3.8) is 0 Å². The summed E-state index contributed by atoms with van der Waals surface area (Å²) < 4.78 is 5.79. The lowest BCUT2D eigenvalue weighted by atomic mass is 10.1. The van der Waals surface area contributed by atoms with Crippen LogP contribution in [0.2, 0.25) is 5.02 Å². The zero-order chi connectivity index (χ0) is 23.7. The van der Waals surface area contributed by atoms with Gasteiger partial charge in [0.2, 0.25) is 5.91 Å². The lowest BCUT2D eigenvalue weighted by molar-refractivity contribution is -0.127. The molecule has 2 aromatic carbocycles. The molecule has 1 aliphatic heterocycles. The van der Waals surface area contributed by atoms with Crippen LogP contribution in [0.5, 0.6) is 5.75 Å². The van der Waals surface area contributed by atoms with Crippen LogP contribution in [0.1, 0.15) is 6.92 Å². The van der Waals surface area contributed by atoms with Gasteiger partial charge in [0, 0.05) is 27.9 Å². The first-order chi connectivity index (χ1) is 16.5. The summed E-state index contributed by atoms with van der Waals surface area (Å²) in [5, 5.41) is 6.04. The molecule has 1 atom stereocenters. The Balaban J connectivity index is 1.43. The van der Waals surface area contributed by atoms with Crippen molar-refractivity contribution in [1.29, 1.82) is 0 Å². The standard InChI is InChI=1S/C25H19ClN4O3S/c1-15-25(32)30(13-23(31)28-18-6-4-5-17(26)12-18)21-11-16(8-9-22(21)33-15)20-14-34-24(29-20)19-7-2-3-10-27-19/h2-12,14-15H,13H2,1H3,(H,28,31). The summed E-state index contributed by atoms with van der Waals surface area (Å²) in [7, 11) is 0. The molecule has 4 aromatic rings. The predicted molar refractivity (Wildman–Crippen MR) is 133 cm³/mol. The molecule has 0 bridgehead atoms. The predicted octanol–water partition coefficient (Wildman–Crippen LogP) is 5.28. The van der Waals surface area contributed by atoms with Gasteiger partial charge in [-0.15, -0.1) is 11.3 Å². The van der Waals surface area contributed by atoms with Crippen LogP contribution < -0.4 is 15.0 Å². The van der Waals surface area contributed by atoms with E-state index in [1.165, 1.54) is 16.2 Å². The van der Waals surface area contributed by atoms with Crippen molar-refractivity contribution in [2.24, 2.45) is 0 Å². The molecule has 0 saturated heterocycles. The topological polar surface area (TPSA) is 84.4 Å². The number of ether oxygens (including phenoxy) is 1. The van der Waals surface area contributed by atoms with E-state index >= 15 is 0 Å². The molecule has 9 heteroatoms. The molecule has 0 aliphatic carbocycles. The molecular weight excluding hydrogens is 472 g/mol. The average Bonchev–Trinajstić information content (AvgIpc) is 3.33. The van der Waals surface area contributed by atoms with Gasteiger partial charge in [-0.1, -0.05) is 23.7 Å². The first-order valence-electron chi connectivity index (χ1n) is 10.5. The number of benzene rings is 2. The number of halogens is 1. The van der Waals surface area contributed by atoms with E-state index in [4.69, 9.17) is 21.3 Å². The number of hydrogen-bond acceptors (Lipinski definition) is 6. The summed E-state index contributed by atoms with van der Waals surface area (Å²) in [5.41, 5.74) is 3.44. The van der Waals surface area contributed by atoms with Gasteiger partial charge in [-0.2, -0.15) is 0 Å².